The standard InChI is InChI=1S/C17H24N2S/c1-12-7-5-6-8-15(12)9-10-16(18-4)11-17-19-13(2)14(3)20-17/h5-8,16,18H,9-11H2,1-4H3. The second kappa shape index (κ2) is 7.00. The molecule has 108 valence electrons. The average molecular weight is 288 g/mol. The van der Waals surface area contributed by atoms with Crippen LogP contribution < -0.4 is 5.32 Å². The molecule has 0 aliphatic carbocycles. The molecular formula is C17H24N2S. The number of hydrogen-bond donors (Lipinski definition) is 1. The molecule has 1 atom stereocenters. The number of aryl methyl sites for hydroxylation is 4. The molecule has 2 rings (SSSR count). The molecule has 0 radical (unpaired) electrons. The van der Waals surface area contributed by atoms with Crippen molar-refractivity contribution in [3.63, 3.8) is 0 Å². The SMILES string of the molecule is CNC(CCc1ccccc1C)Cc1nc(C)c(C)s1. The zero-order chi connectivity index (χ0) is 14.5. The topological polar surface area (TPSA) is 24.9 Å². The number of likely N-dealkylation sites (N-methyl/N-ethyl adjacent to an activating group) is 1. The minimum absolute atomic E-state index is 0.500. The van der Waals surface area contributed by atoms with Crippen molar-refractivity contribution < 1.29 is 0 Å². The van der Waals surface area contributed by atoms with Gasteiger partial charge < -0.3 is 5.32 Å². The molecule has 1 N–H and O–H groups in total. The van der Waals surface area contributed by atoms with Gasteiger partial charge in [0.2, 0.25) is 0 Å². The van der Waals surface area contributed by atoms with Crippen LogP contribution in [-0.4, -0.2) is 18.1 Å². The zero-order valence-electron chi connectivity index (χ0n) is 12.9. The maximum Gasteiger partial charge on any atom is 0.0946 e. The van der Waals surface area contributed by atoms with Crippen LogP contribution in [-0.2, 0) is 12.8 Å². The molecule has 0 saturated heterocycles. The van der Waals surface area contributed by atoms with E-state index in [0.29, 0.717) is 6.04 Å². The first kappa shape index (κ1) is 15.2. The van der Waals surface area contributed by atoms with Gasteiger partial charge in [-0.1, -0.05) is 24.3 Å². The van der Waals surface area contributed by atoms with E-state index < -0.39 is 0 Å². The molecule has 1 aromatic heterocycles. The van der Waals surface area contributed by atoms with Crippen LogP contribution >= 0.6 is 11.3 Å². The molecule has 0 aliphatic heterocycles. The van der Waals surface area contributed by atoms with Gasteiger partial charge in [0.25, 0.3) is 0 Å². The molecule has 0 amide bonds. The number of hydrogen-bond acceptors (Lipinski definition) is 3. The summed E-state index contributed by atoms with van der Waals surface area (Å²) in [6.07, 6.45) is 3.31. The highest BCUT2D eigenvalue weighted by atomic mass is 32.1. The summed E-state index contributed by atoms with van der Waals surface area (Å²) in [5, 5.41) is 4.69. The van der Waals surface area contributed by atoms with Gasteiger partial charge in [-0.25, -0.2) is 4.98 Å². The van der Waals surface area contributed by atoms with Crippen molar-refractivity contribution in [3.05, 3.63) is 51.0 Å². The molecule has 0 fully saturated rings. The Morgan fingerprint density at radius 1 is 1.20 bits per heavy atom. The molecule has 2 aromatic rings. The van der Waals surface area contributed by atoms with E-state index in [-0.39, 0.29) is 0 Å². The van der Waals surface area contributed by atoms with Gasteiger partial charge in [-0.2, -0.15) is 0 Å². The summed E-state index contributed by atoms with van der Waals surface area (Å²) in [7, 11) is 2.05. The van der Waals surface area contributed by atoms with E-state index in [1.165, 1.54) is 26.7 Å². The highest BCUT2D eigenvalue weighted by Crippen LogP contribution is 2.19. The Balaban J connectivity index is 1.94. The molecule has 0 spiro atoms. The number of thiazole rings is 1. The van der Waals surface area contributed by atoms with Crippen molar-refractivity contribution in [1.82, 2.24) is 10.3 Å². The molecule has 0 aliphatic rings. The largest absolute Gasteiger partial charge is 0.317 e. The smallest absolute Gasteiger partial charge is 0.0946 e. The Morgan fingerprint density at radius 3 is 2.55 bits per heavy atom. The number of rotatable bonds is 6. The lowest BCUT2D eigenvalue weighted by molar-refractivity contribution is 0.518. The fraction of sp³-hybridized carbons (Fsp3) is 0.471. The Hall–Kier alpha value is -1.19. The van der Waals surface area contributed by atoms with Crippen LogP contribution in [0.25, 0.3) is 0 Å². The zero-order valence-corrected chi connectivity index (χ0v) is 13.7. The van der Waals surface area contributed by atoms with Gasteiger partial charge in [-0.3, -0.25) is 0 Å². The summed E-state index contributed by atoms with van der Waals surface area (Å²) >= 11 is 1.83. The minimum Gasteiger partial charge on any atom is -0.317 e. The Morgan fingerprint density at radius 2 is 1.95 bits per heavy atom. The summed E-state index contributed by atoms with van der Waals surface area (Å²) < 4.78 is 0. The minimum atomic E-state index is 0.500. The quantitative estimate of drug-likeness (QED) is 0.874. The fourth-order valence-electron chi connectivity index (χ4n) is 2.41. The molecule has 3 heteroatoms. The van der Waals surface area contributed by atoms with Gasteiger partial charge >= 0.3 is 0 Å². The Kier molecular flexibility index (Phi) is 5.32. The predicted octanol–water partition coefficient (Wildman–Crippen LogP) is 3.83. The van der Waals surface area contributed by atoms with Crippen LogP contribution in [0.3, 0.4) is 0 Å². The van der Waals surface area contributed by atoms with Gasteiger partial charge in [0.05, 0.1) is 10.7 Å². The molecule has 1 unspecified atom stereocenters. The highest BCUT2D eigenvalue weighted by molar-refractivity contribution is 7.11. The van der Waals surface area contributed by atoms with Gasteiger partial charge in [-0.15, -0.1) is 11.3 Å². The van der Waals surface area contributed by atoms with Crippen LogP contribution in [0.4, 0.5) is 0 Å². The summed E-state index contributed by atoms with van der Waals surface area (Å²) in [4.78, 5) is 5.99. The monoisotopic (exact) mass is 288 g/mol. The molecule has 1 heterocycles. The van der Waals surface area contributed by atoms with Gasteiger partial charge in [0, 0.05) is 17.3 Å². The van der Waals surface area contributed by atoms with Crippen molar-refractivity contribution in [2.75, 3.05) is 7.05 Å². The first-order valence-corrected chi connectivity index (χ1v) is 8.06. The van der Waals surface area contributed by atoms with E-state index >= 15 is 0 Å². The van der Waals surface area contributed by atoms with E-state index in [1.54, 1.807) is 0 Å². The predicted molar refractivity (Wildman–Crippen MR) is 87.6 cm³/mol. The number of benzene rings is 1. The fourth-order valence-corrected chi connectivity index (χ4v) is 3.42. The van der Waals surface area contributed by atoms with Crippen molar-refractivity contribution >= 4 is 11.3 Å². The first-order valence-electron chi connectivity index (χ1n) is 7.25. The van der Waals surface area contributed by atoms with E-state index in [0.717, 1.165) is 19.3 Å². The molecule has 2 nitrogen and oxygen atoms in total. The van der Waals surface area contributed by atoms with Crippen molar-refractivity contribution in [1.29, 1.82) is 0 Å². The number of aromatic nitrogens is 1. The second-order valence-corrected chi connectivity index (χ2v) is 6.69. The third-order valence-corrected chi connectivity index (χ3v) is 5.02. The number of nitrogens with one attached hydrogen (secondary N) is 1. The molecule has 20 heavy (non-hydrogen) atoms. The van der Waals surface area contributed by atoms with E-state index in [2.05, 4.69) is 62.4 Å². The summed E-state index contributed by atoms with van der Waals surface area (Å²) in [5.74, 6) is 0. The lowest BCUT2D eigenvalue weighted by atomic mass is 10.00. The second-order valence-electron chi connectivity index (χ2n) is 5.40. The summed E-state index contributed by atoms with van der Waals surface area (Å²) in [6.45, 7) is 6.44. The normalized spacial score (nSPS) is 12.6. The summed E-state index contributed by atoms with van der Waals surface area (Å²) in [6, 6.07) is 9.16. The van der Waals surface area contributed by atoms with Gasteiger partial charge in [0.15, 0.2) is 0 Å². The summed E-state index contributed by atoms with van der Waals surface area (Å²) in [5.41, 5.74) is 4.03. The third-order valence-electron chi connectivity index (χ3n) is 3.93. The van der Waals surface area contributed by atoms with Crippen LogP contribution in [0.1, 0.15) is 33.1 Å². The van der Waals surface area contributed by atoms with Crippen LogP contribution in [0.5, 0.6) is 0 Å². The van der Waals surface area contributed by atoms with E-state index in [4.69, 9.17) is 0 Å². The third kappa shape index (κ3) is 3.90. The van der Waals surface area contributed by atoms with Crippen LogP contribution in [0, 0.1) is 20.8 Å². The Bertz CT molecular complexity index is 540. The van der Waals surface area contributed by atoms with E-state index in [9.17, 15) is 0 Å². The van der Waals surface area contributed by atoms with Gasteiger partial charge in [-0.05, 0) is 51.8 Å². The van der Waals surface area contributed by atoms with Crippen molar-refractivity contribution in [2.45, 2.75) is 46.1 Å². The lowest BCUT2D eigenvalue weighted by Crippen LogP contribution is -2.28. The number of nitrogens with zero attached hydrogens (tertiary/aromatic N) is 1. The highest BCUT2D eigenvalue weighted by Gasteiger charge is 2.12. The average Bonchev–Trinajstić information content (AvgIpc) is 2.75. The van der Waals surface area contributed by atoms with Crippen molar-refractivity contribution in [3.8, 4) is 0 Å². The molecule has 0 saturated carbocycles. The van der Waals surface area contributed by atoms with Crippen molar-refractivity contribution in [2.24, 2.45) is 0 Å². The molecular weight excluding hydrogens is 264 g/mol. The maximum atomic E-state index is 4.65. The maximum absolute atomic E-state index is 4.65. The van der Waals surface area contributed by atoms with Crippen LogP contribution in [0.2, 0.25) is 0 Å². The lowest BCUT2D eigenvalue weighted by Gasteiger charge is -2.15. The molecule has 1 aromatic carbocycles. The van der Waals surface area contributed by atoms with Gasteiger partial charge in [0.1, 0.15) is 0 Å². The van der Waals surface area contributed by atoms with E-state index in [1.807, 2.05) is 11.3 Å². The Labute approximate surface area is 126 Å². The first-order chi connectivity index (χ1) is 9.60. The van der Waals surface area contributed by atoms with Crippen LogP contribution in [0.15, 0.2) is 24.3 Å². The molecule has 0 bridgehead atoms.